The predicted octanol–water partition coefficient (Wildman–Crippen LogP) is 7.47. The minimum absolute atomic E-state index is 0. The van der Waals surface area contributed by atoms with Gasteiger partial charge in [-0.15, -0.1) is 35.7 Å². The van der Waals surface area contributed by atoms with Crippen molar-refractivity contribution in [2.24, 2.45) is 0 Å². The van der Waals surface area contributed by atoms with Crippen molar-refractivity contribution in [3.05, 3.63) is 103 Å². The van der Waals surface area contributed by atoms with E-state index in [1.807, 2.05) is 85.7 Å². The second-order valence-electron chi connectivity index (χ2n) is 7.03. The predicted molar refractivity (Wildman–Crippen MR) is 150 cm³/mol. The van der Waals surface area contributed by atoms with Crippen LogP contribution in [0.3, 0.4) is 0 Å². The van der Waals surface area contributed by atoms with E-state index < -0.39 is 0 Å². The van der Waals surface area contributed by atoms with E-state index in [4.69, 9.17) is 13.1 Å². The van der Waals surface area contributed by atoms with Crippen molar-refractivity contribution < 1.29 is 20.1 Å². The van der Waals surface area contributed by atoms with E-state index in [1.165, 1.54) is 6.42 Å². The molecule has 0 bridgehead atoms. The van der Waals surface area contributed by atoms with Crippen LogP contribution in [0.2, 0.25) is 0 Å². The van der Waals surface area contributed by atoms with E-state index in [0.29, 0.717) is 11.4 Å². The van der Waals surface area contributed by atoms with Gasteiger partial charge in [0.05, 0.1) is 13.2 Å². The van der Waals surface area contributed by atoms with E-state index in [2.05, 4.69) is 39.4 Å². The molecule has 2 aromatic rings. The molecule has 0 unspecified atom stereocenters. The molecule has 2 aliphatic rings. The Balaban J connectivity index is 0. The molecule has 2 aromatic carbocycles. The van der Waals surface area contributed by atoms with E-state index in [1.54, 1.807) is 12.1 Å². The summed E-state index contributed by atoms with van der Waals surface area (Å²) < 4.78 is 0. The molecular formula is C26H33IIrN6-2. The average Bonchev–Trinajstić information content (AvgIpc) is 3.43. The van der Waals surface area contributed by atoms with Gasteiger partial charge in [0.25, 0.3) is 0 Å². The molecule has 0 fully saturated rings. The topological polar surface area (TPSA) is 21.7 Å². The fourth-order valence-electron chi connectivity index (χ4n) is 2.65. The van der Waals surface area contributed by atoms with Gasteiger partial charge in [-0.25, -0.2) is 9.69 Å². The average molecular weight is 749 g/mol. The van der Waals surface area contributed by atoms with Crippen molar-refractivity contribution >= 4 is 46.7 Å². The first-order valence-corrected chi connectivity index (χ1v) is 10.1. The SMILES string of the molecule is C.CCC.I.[C-]#[N+]c1c[c-]c(N2C=CN(C)[CH-]2)cc1.[C-]#[N+]c1ccc(N2C=CN(C)C2)cc1.[Ir]. The molecule has 6 nitrogen and oxygen atoms in total. The molecule has 0 saturated heterocycles. The minimum Gasteiger partial charge on any atom is -0.510 e. The first-order chi connectivity index (χ1) is 15.0. The normalized spacial score (nSPS) is 12.5. The van der Waals surface area contributed by atoms with Gasteiger partial charge in [0.1, 0.15) is 6.57 Å². The third-order valence-corrected chi connectivity index (χ3v) is 4.14. The van der Waals surface area contributed by atoms with Crippen LogP contribution in [-0.4, -0.2) is 30.6 Å². The molecule has 34 heavy (non-hydrogen) atoms. The van der Waals surface area contributed by atoms with Crippen molar-refractivity contribution in [1.29, 1.82) is 0 Å². The van der Waals surface area contributed by atoms with Gasteiger partial charge in [0.2, 0.25) is 5.69 Å². The monoisotopic (exact) mass is 749 g/mol. The fourth-order valence-corrected chi connectivity index (χ4v) is 2.65. The zero-order valence-electron chi connectivity index (χ0n) is 19.3. The van der Waals surface area contributed by atoms with Gasteiger partial charge in [0.15, 0.2) is 5.69 Å². The number of benzene rings is 2. The summed E-state index contributed by atoms with van der Waals surface area (Å²) in [6, 6.07) is 16.0. The molecule has 0 atom stereocenters. The number of halogens is 1. The summed E-state index contributed by atoms with van der Waals surface area (Å²) in [5.74, 6) is 0. The Hall–Kier alpha value is -2.52. The maximum atomic E-state index is 6.84. The largest absolute Gasteiger partial charge is 0.510 e. The second kappa shape index (κ2) is 17.9. The van der Waals surface area contributed by atoms with Crippen molar-refractivity contribution in [2.45, 2.75) is 27.7 Å². The molecule has 1 radical (unpaired) electrons. The van der Waals surface area contributed by atoms with Gasteiger partial charge in [-0.2, -0.15) is 12.7 Å². The molecule has 0 spiro atoms. The zero-order valence-corrected chi connectivity index (χ0v) is 24.0. The Morgan fingerprint density at radius 3 is 1.91 bits per heavy atom. The van der Waals surface area contributed by atoms with Crippen LogP contribution in [0.1, 0.15) is 27.7 Å². The van der Waals surface area contributed by atoms with Crippen LogP contribution in [0.15, 0.2) is 67.3 Å². The molecule has 0 saturated carbocycles. The Morgan fingerprint density at radius 2 is 1.50 bits per heavy atom. The number of hydrogen-bond donors (Lipinski definition) is 0. The Kier molecular flexibility index (Phi) is 17.7. The van der Waals surface area contributed by atoms with Gasteiger partial charge < -0.3 is 19.6 Å². The van der Waals surface area contributed by atoms with Gasteiger partial charge in [-0.05, 0) is 31.6 Å². The summed E-state index contributed by atoms with van der Waals surface area (Å²) in [6.45, 7) is 20.7. The summed E-state index contributed by atoms with van der Waals surface area (Å²) in [6.07, 6.45) is 9.22. The summed E-state index contributed by atoms with van der Waals surface area (Å²) in [5.41, 5.74) is 3.37. The van der Waals surface area contributed by atoms with Crippen LogP contribution in [0.25, 0.3) is 9.69 Å². The van der Waals surface area contributed by atoms with Crippen molar-refractivity contribution in [3.8, 4) is 0 Å². The third-order valence-electron chi connectivity index (χ3n) is 4.14. The smallest absolute Gasteiger partial charge is 0.208 e. The Bertz CT molecular complexity index is 881. The van der Waals surface area contributed by atoms with Crippen LogP contribution >= 0.6 is 24.0 Å². The number of nitrogens with zero attached hydrogens (tertiary/aromatic N) is 6. The van der Waals surface area contributed by atoms with E-state index in [-0.39, 0.29) is 51.5 Å². The molecule has 0 aromatic heterocycles. The molecule has 0 amide bonds. The Labute approximate surface area is 236 Å². The molecule has 185 valence electrons. The Morgan fingerprint density at radius 1 is 0.912 bits per heavy atom. The molecule has 0 aliphatic carbocycles. The van der Waals surface area contributed by atoms with Crippen LogP contribution in [0.4, 0.5) is 22.7 Å². The number of hydrogen-bond acceptors (Lipinski definition) is 4. The zero-order chi connectivity index (χ0) is 22.6. The maximum Gasteiger partial charge on any atom is 0.208 e. The minimum atomic E-state index is 0. The molecule has 0 N–H and O–H groups in total. The number of anilines is 2. The van der Waals surface area contributed by atoms with Crippen molar-refractivity contribution in [2.75, 3.05) is 30.6 Å². The van der Waals surface area contributed by atoms with Crippen LogP contribution in [0, 0.1) is 25.9 Å². The van der Waals surface area contributed by atoms with Gasteiger partial charge in [-0.3, -0.25) is 0 Å². The maximum absolute atomic E-state index is 6.84. The first kappa shape index (κ1) is 33.7. The van der Waals surface area contributed by atoms with Gasteiger partial charge in [-0.1, -0.05) is 52.0 Å². The van der Waals surface area contributed by atoms with E-state index in [9.17, 15) is 0 Å². The molecule has 4 rings (SSSR count). The third kappa shape index (κ3) is 10.6. The summed E-state index contributed by atoms with van der Waals surface area (Å²) in [5, 5.41) is 0. The quantitative estimate of drug-likeness (QED) is 0.235. The van der Waals surface area contributed by atoms with E-state index in [0.717, 1.165) is 18.0 Å². The van der Waals surface area contributed by atoms with Crippen molar-refractivity contribution in [3.63, 3.8) is 0 Å². The van der Waals surface area contributed by atoms with Crippen LogP contribution in [0.5, 0.6) is 0 Å². The van der Waals surface area contributed by atoms with Crippen molar-refractivity contribution in [1.82, 2.24) is 9.80 Å². The molecule has 8 heteroatoms. The standard InChI is InChI=1S/C11H11N3.C11H9N3.C3H8.CH4.HI.Ir/c2*1-12-10-3-5-11(6-4-10)14-8-7-13(2)9-14;1-3-2;;;/h3-8H,9H2,2H3;3-5,7-9H,2H3;3H2,1-2H3;1H4;1H;/q;-2;;;;. The summed E-state index contributed by atoms with van der Waals surface area (Å²) in [7, 11) is 3.99. The molecule has 2 aliphatic heterocycles. The number of rotatable bonds is 2. The van der Waals surface area contributed by atoms with Crippen LogP contribution in [-0.2, 0) is 20.1 Å². The van der Waals surface area contributed by atoms with Gasteiger partial charge in [0, 0.05) is 45.2 Å². The second-order valence-corrected chi connectivity index (χ2v) is 7.03. The van der Waals surface area contributed by atoms with Crippen LogP contribution < -0.4 is 9.80 Å². The van der Waals surface area contributed by atoms with E-state index >= 15 is 0 Å². The fraction of sp³-hybridized carbons (Fsp3) is 0.269. The summed E-state index contributed by atoms with van der Waals surface area (Å²) >= 11 is 0. The summed E-state index contributed by atoms with van der Waals surface area (Å²) in [4.78, 5) is 14.8. The first-order valence-electron chi connectivity index (χ1n) is 10.1. The molecule has 2 heterocycles. The molecular weight excluding hydrogens is 715 g/mol. The van der Waals surface area contributed by atoms with Gasteiger partial charge >= 0.3 is 0 Å².